The predicted molar refractivity (Wildman–Crippen MR) is 122 cm³/mol. The highest BCUT2D eigenvalue weighted by Gasteiger charge is 2.24. The first-order valence-electron chi connectivity index (χ1n) is 10.6. The lowest BCUT2D eigenvalue weighted by molar-refractivity contribution is -0.121. The molecule has 30 heavy (non-hydrogen) atoms. The zero-order valence-electron chi connectivity index (χ0n) is 18.5. The quantitative estimate of drug-likeness (QED) is 0.512. The van der Waals surface area contributed by atoms with Gasteiger partial charge in [-0.15, -0.1) is 0 Å². The summed E-state index contributed by atoms with van der Waals surface area (Å²) in [5.74, 6) is 1.28. The maximum absolute atomic E-state index is 12.9. The predicted octanol–water partition coefficient (Wildman–Crippen LogP) is 5.18. The number of aromatic nitrogens is 1. The van der Waals surface area contributed by atoms with Crippen LogP contribution < -0.4 is 14.8 Å². The second-order valence-corrected chi connectivity index (χ2v) is 7.69. The maximum Gasteiger partial charge on any atom is 0.221 e. The van der Waals surface area contributed by atoms with Gasteiger partial charge in [0.15, 0.2) is 11.5 Å². The summed E-state index contributed by atoms with van der Waals surface area (Å²) in [4.78, 5) is 16.3. The zero-order valence-corrected chi connectivity index (χ0v) is 18.5. The van der Waals surface area contributed by atoms with Crippen molar-refractivity contribution in [3.63, 3.8) is 0 Å². The van der Waals surface area contributed by atoms with Gasteiger partial charge >= 0.3 is 0 Å². The second kappa shape index (κ2) is 9.70. The van der Waals surface area contributed by atoms with Gasteiger partial charge in [0.1, 0.15) is 0 Å². The summed E-state index contributed by atoms with van der Waals surface area (Å²) in [5, 5.41) is 4.27. The first kappa shape index (κ1) is 21.8. The van der Waals surface area contributed by atoms with Gasteiger partial charge in [-0.2, -0.15) is 0 Å². The Hall–Kier alpha value is -2.95. The number of rotatable bonds is 9. The van der Waals surface area contributed by atoms with Crippen LogP contribution in [-0.2, 0) is 11.2 Å². The molecule has 2 aromatic carbocycles. The summed E-state index contributed by atoms with van der Waals surface area (Å²) < 4.78 is 10.9. The van der Waals surface area contributed by atoms with Crippen LogP contribution in [0.15, 0.2) is 42.6 Å². The molecule has 160 valence electrons. The molecule has 5 heteroatoms. The molecule has 0 aliphatic rings. The monoisotopic (exact) mass is 408 g/mol. The lowest BCUT2D eigenvalue weighted by Gasteiger charge is -2.20. The number of para-hydroxylation sites is 1. The summed E-state index contributed by atoms with van der Waals surface area (Å²) >= 11 is 0. The fourth-order valence-electron chi connectivity index (χ4n) is 3.92. The summed E-state index contributed by atoms with van der Waals surface area (Å²) in [6, 6.07) is 12.4. The lowest BCUT2D eigenvalue weighted by atomic mass is 9.87. The van der Waals surface area contributed by atoms with Crippen molar-refractivity contribution in [2.45, 2.75) is 52.0 Å². The van der Waals surface area contributed by atoms with Crippen LogP contribution in [0.1, 0.15) is 56.2 Å². The van der Waals surface area contributed by atoms with Crippen molar-refractivity contribution in [3.8, 4) is 11.5 Å². The minimum absolute atomic E-state index is 0.0464. The van der Waals surface area contributed by atoms with E-state index in [1.54, 1.807) is 14.2 Å². The summed E-state index contributed by atoms with van der Waals surface area (Å²) in [6.07, 6.45) is 4.26. The molecule has 5 nitrogen and oxygen atoms in total. The number of hydrogen-bond donors (Lipinski definition) is 2. The van der Waals surface area contributed by atoms with Crippen molar-refractivity contribution in [3.05, 3.63) is 59.3 Å². The van der Waals surface area contributed by atoms with E-state index in [1.807, 2.05) is 31.3 Å². The van der Waals surface area contributed by atoms with Crippen molar-refractivity contribution in [2.75, 3.05) is 14.2 Å². The van der Waals surface area contributed by atoms with Crippen LogP contribution in [0.4, 0.5) is 0 Å². The Labute approximate surface area is 178 Å². The molecular formula is C25H32N2O3. The van der Waals surface area contributed by atoms with Gasteiger partial charge in [-0.05, 0) is 48.6 Å². The minimum atomic E-state index is -0.102. The highest BCUT2D eigenvalue weighted by Crippen LogP contribution is 2.38. The number of aryl methyl sites for hydroxylation is 1. The highest BCUT2D eigenvalue weighted by molar-refractivity contribution is 5.88. The van der Waals surface area contributed by atoms with E-state index >= 15 is 0 Å². The number of benzene rings is 2. The van der Waals surface area contributed by atoms with Crippen molar-refractivity contribution in [1.82, 2.24) is 10.3 Å². The average molecular weight is 409 g/mol. The fourth-order valence-corrected chi connectivity index (χ4v) is 3.92. The first-order chi connectivity index (χ1) is 14.5. The molecule has 0 fully saturated rings. The summed E-state index contributed by atoms with van der Waals surface area (Å²) in [6.45, 7) is 6.26. The summed E-state index contributed by atoms with van der Waals surface area (Å²) in [5.41, 5.74) is 4.55. The van der Waals surface area contributed by atoms with Crippen LogP contribution >= 0.6 is 0 Å². The molecule has 2 N–H and O–H groups in total. The van der Waals surface area contributed by atoms with Crippen molar-refractivity contribution < 1.29 is 14.3 Å². The standard InChI is InChI=1S/C25H32N2O3/c1-6-16(3)27-24(28)14-20(18-11-12-22(29-4)23(13-18)30-5)21-15-26-25-17(7-2)9-8-10-19(21)25/h8-13,15-16,20,26H,6-7,14H2,1-5H3,(H,27,28)/t16-,20+/m0/s1. The number of H-pyrrole nitrogens is 1. The molecule has 3 aromatic rings. The molecule has 1 amide bonds. The molecule has 1 heterocycles. The molecule has 0 radical (unpaired) electrons. The third kappa shape index (κ3) is 4.45. The number of methoxy groups -OCH3 is 2. The number of ether oxygens (including phenoxy) is 2. The third-order valence-corrected chi connectivity index (χ3v) is 5.81. The molecule has 0 bridgehead atoms. The van der Waals surface area contributed by atoms with E-state index in [0.29, 0.717) is 17.9 Å². The number of hydrogen-bond acceptors (Lipinski definition) is 3. The topological polar surface area (TPSA) is 63.4 Å². The van der Waals surface area contributed by atoms with Crippen molar-refractivity contribution in [1.29, 1.82) is 0 Å². The molecule has 0 saturated carbocycles. The second-order valence-electron chi connectivity index (χ2n) is 7.69. The van der Waals surface area contributed by atoms with Crippen LogP contribution in [0.2, 0.25) is 0 Å². The van der Waals surface area contributed by atoms with Gasteiger partial charge < -0.3 is 19.8 Å². The smallest absolute Gasteiger partial charge is 0.221 e. The molecule has 0 saturated heterocycles. The average Bonchev–Trinajstić information content (AvgIpc) is 3.20. The van der Waals surface area contributed by atoms with Crippen LogP contribution in [0.25, 0.3) is 10.9 Å². The Morgan fingerprint density at radius 1 is 1.10 bits per heavy atom. The number of aromatic amines is 1. The van der Waals surface area contributed by atoms with Crippen LogP contribution in [0.3, 0.4) is 0 Å². The molecule has 1 aromatic heterocycles. The van der Waals surface area contributed by atoms with Crippen molar-refractivity contribution >= 4 is 16.8 Å². The van der Waals surface area contributed by atoms with Crippen LogP contribution in [0, 0.1) is 0 Å². The van der Waals surface area contributed by atoms with Gasteiger partial charge in [-0.1, -0.05) is 38.1 Å². The molecule has 0 unspecified atom stereocenters. The van der Waals surface area contributed by atoms with Crippen molar-refractivity contribution in [2.24, 2.45) is 0 Å². The highest BCUT2D eigenvalue weighted by atomic mass is 16.5. The van der Waals surface area contributed by atoms with E-state index in [0.717, 1.165) is 34.9 Å². The van der Waals surface area contributed by atoms with Crippen LogP contribution in [0.5, 0.6) is 11.5 Å². The normalized spacial score (nSPS) is 13.1. The van der Waals surface area contributed by atoms with E-state index in [4.69, 9.17) is 9.47 Å². The van der Waals surface area contributed by atoms with Gasteiger partial charge in [0.25, 0.3) is 0 Å². The third-order valence-electron chi connectivity index (χ3n) is 5.81. The maximum atomic E-state index is 12.9. The number of carbonyl (C=O) groups excluding carboxylic acids is 1. The van der Waals surface area contributed by atoms with Gasteiger partial charge in [-0.3, -0.25) is 4.79 Å². The molecule has 0 aliphatic carbocycles. The molecule has 2 atom stereocenters. The molecule has 3 rings (SSSR count). The van der Waals surface area contributed by atoms with E-state index in [1.165, 1.54) is 5.56 Å². The number of fused-ring (bicyclic) bond motifs is 1. The Morgan fingerprint density at radius 3 is 2.53 bits per heavy atom. The fraction of sp³-hybridized carbons (Fsp3) is 0.400. The first-order valence-corrected chi connectivity index (χ1v) is 10.6. The van der Waals surface area contributed by atoms with Gasteiger partial charge in [0, 0.05) is 35.5 Å². The zero-order chi connectivity index (χ0) is 21.7. The van der Waals surface area contributed by atoms with Gasteiger partial charge in [0.05, 0.1) is 14.2 Å². The van der Waals surface area contributed by atoms with Crippen LogP contribution in [-0.4, -0.2) is 31.2 Å². The number of amides is 1. The Balaban J connectivity index is 2.08. The van der Waals surface area contributed by atoms with E-state index < -0.39 is 0 Å². The molecule has 0 spiro atoms. The van der Waals surface area contributed by atoms with E-state index in [-0.39, 0.29) is 17.9 Å². The Bertz CT molecular complexity index is 1010. The van der Waals surface area contributed by atoms with E-state index in [9.17, 15) is 4.79 Å². The molecular weight excluding hydrogens is 376 g/mol. The minimum Gasteiger partial charge on any atom is -0.493 e. The van der Waals surface area contributed by atoms with Gasteiger partial charge in [-0.25, -0.2) is 0 Å². The Kier molecular flexibility index (Phi) is 7.03. The molecule has 0 aliphatic heterocycles. The number of nitrogens with one attached hydrogen (secondary N) is 2. The summed E-state index contributed by atoms with van der Waals surface area (Å²) in [7, 11) is 3.26. The largest absolute Gasteiger partial charge is 0.493 e. The van der Waals surface area contributed by atoms with Gasteiger partial charge in [0.2, 0.25) is 5.91 Å². The lowest BCUT2D eigenvalue weighted by Crippen LogP contribution is -2.33. The number of carbonyl (C=O) groups is 1. The van der Waals surface area contributed by atoms with E-state index in [2.05, 4.69) is 42.3 Å². The Morgan fingerprint density at radius 2 is 1.87 bits per heavy atom. The SMILES string of the molecule is CCc1cccc2c([C@H](CC(=O)N[C@@H](C)CC)c3ccc(OC)c(OC)c3)c[nH]c12.